The predicted molar refractivity (Wildman–Crippen MR) is 121 cm³/mol. The summed E-state index contributed by atoms with van der Waals surface area (Å²) in [5.41, 5.74) is 3.18. The van der Waals surface area contributed by atoms with Crippen LogP contribution in [0.5, 0.6) is 0 Å². The Morgan fingerprint density at radius 2 is 1.83 bits per heavy atom. The summed E-state index contributed by atoms with van der Waals surface area (Å²) in [6.07, 6.45) is 0. The van der Waals surface area contributed by atoms with Gasteiger partial charge in [0.1, 0.15) is 0 Å². The number of nitrogens with one attached hydrogen (secondary N) is 1. The summed E-state index contributed by atoms with van der Waals surface area (Å²) in [6, 6.07) is 17.0. The molecule has 0 fully saturated rings. The van der Waals surface area contributed by atoms with E-state index in [1.165, 1.54) is 23.1 Å². The average molecular weight is 426 g/mol. The monoisotopic (exact) mass is 425 g/mol. The maximum absolute atomic E-state index is 12.5. The first-order chi connectivity index (χ1) is 14.1. The highest BCUT2D eigenvalue weighted by Crippen LogP contribution is 2.28. The molecule has 0 aliphatic carbocycles. The molecule has 5 nitrogen and oxygen atoms in total. The van der Waals surface area contributed by atoms with Gasteiger partial charge in [0.15, 0.2) is 4.34 Å². The molecule has 7 heteroatoms. The van der Waals surface area contributed by atoms with Gasteiger partial charge < -0.3 is 10.2 Å². The predicted octanol–water partition coefficient (Wildman–Crippen LogP) is 5.02. The van der Waals surface area contributed by atoms with Gasteiger partial charge in [-0.1, -0.05) is 48.2 Å². The second-order valence-corrected chi connectivity index (χ2v) is 8.34. The zero-order chi connectivity index (χ0) is 20.6. The highest BCUT2D eigenvalue weighted by atomic mass is 32.2. The van der Waals surface area contributed by atoms with E-state index in [0.29, 0.717) is 24.3 Å². The number of thiazole rings is 1. The van der Waals surface area contributed by atoms with Crippen molar-refractivity contribution in [3.63, 3.8) is 0 Å². The molecular weight excluding hydrogens is 402 g/mol. The first-order valence-corrected chi connectivity index (χ1v) is 11.3. The molecule has 1 heterocycles. The molecule has 0 aliphatic heterocycles. The standard InChI is InChI=1S/C22H23N3O2S2/c1-3-25(4-2)21(27)17-11-8-12-18(13-17)23-20(26)15-29-22-24-19(14-28-22)16-9-6-5-7-10-16/h5-14H,3-4,15H2,1-2H3,(H,23,26). The van der Waals surface area contributed by atoms with Crippen LogP contribution in [-0.4, -0.2) is 40.5 Å². The molecule has 1 N–H and O–H groups in total. The Bertz CT molecular complexity index is 969. The quantitative estimate of drug-likeness (QED) is 0.515. The molecule has 2 aromatic carbocycles. The van der Waals surface area contributed by atoms with E-state index in [9.17, 15) is 9.59 Å². The maximum atomic E-state index is 12.5. The third-order valence-electron chi connectivity index (χ3n) is 4.32. The molecule has 0 radical (unpaired) electrons. The minimum atomic E-state index is -0.126. The molecule has 0 aliphatic rings. The zero-order valence-electron chi connectivity index (χ0n) is 16.4. The van der Waals surface area contributed by atoms with Crippen LogP contribution in [0.15, 0.2) is 64.3 Å². The Balaban J connectivity index is 1.57. The maximum Gasteiger partial charge on any atom is 0.253 e. The number of amides is 2. The summed E-state index contributed by atoms with van der Waals surface area (Å²) < 4.78 is 0.851. The number of hydrogen-bond acceptors (Lipinski definition) is 5. The third-order valence-corrected chi connectivity index (χ3v) is 6.34. The van der Waals surface area contributed by atoms with E-state index < -0.39 is 0 Å². The molecule has 2 amide bonds. The summed E-state index contributed by atoms with van der Waals surface area (Å²) in [7, 11) is 0. The molecule has 29 heavy (non-hydrogen) atoms. The summed E-state index contributed by atoms with van der Waals surface area (Å²) in [5, 5.41) is 4.87. The lowest BCUT2D eigenvalue weighted by molar-refractivity contribution is -0.113. The number of aromatic nitrogens is 1. The molecule has 0 bridgehead atoms. The van der Waals surface area contributed by atoms with Crippen molar-refractivity contribution < 1.29 is 9.59 Å². The number of rotatable bonds is 8. The molecular formula is C22H23N3O2S2. The average Bonchev–Trinajstić information content (AvgIpc) is 3.23. The van der Waals surface area contributed by atoms with Crippen LogP contribution in [0.4, 0.5) is 5.69 Å². The van der Waals surface area contributed by atoms with Crippen LogP contribution >= 0.6 is 23.1 Å². The summed E-state index contributed by atoms with van der Waals surface area (Å²) in [6.45, 7) is 5.21. The second kappa shape index (κ2) is 10.2. The van der Waals surface area contributed by atoms with Crippen molar-refractivity contribution in [2.75, 3.05) is 24.2 Å². The molecule has 0 saturated carbocycles. The molecule has 0 spiro atoms. The van der Waals surface area contributed by atoms with E-state index in [-0.39, 0.29) is 17.6 Å². The number of thioether (sulfide) groups is 1. The molecule has 1 aromatic heterocycles. The first-order valence-electron chi connectivity index (χ1n) is 9.43. The Hall–Kier alpha value is -2.64. The van der Waals surface area contributed by atoms with Gasteiger partial charge in [0, 0.05) is 35.3 Å². The van der Waals surface area contributed by atoms with Crippen molar-refractivity contribution in [2.45, 2.75) is 18.2 Å². The van der Waals surface area contributed by atoms with Crippen molar-refractivity contribution in [2.24, 2.45) is 0 Å². The van der Waals surface area contributed by atoms with Gasteiger partial charge >= 0.3 is 0 Å². The van der Waals surface area contributed by atoms with Crippen LogP contribution < -0.4 is 5.32 Å². The van der Waals surface area contributed by atoms with Crippen LogP contribution in [0.1, 0.15) is 24.2 Å². The minimum absolute atomic E-state index is 0.0308. The molecule has 0 atom stereocenters. The number of benzene rings is 2. The first kappa shape index (κ1) is 21.1. The Morgan fingerprint density at radius 1 is 1.07 bits per heavy atom. The van der Waals surface area contributed by atoms with Crippen LogP contribution in [-0.2, 0) is 4.79 Å². The van der Waals surface area contributed by atoms with Crippen molar-refractivity contribution in [1.82, 2.24) is 9.88 Å². The van der Waals surface area contributed by atoms with Crippen LogP contribution in [0.2, 0.25) is 0 Å². The summed E-state index contributed by atoms with van der Waals surface area (Å²) in [4.78, 5) is 31.2. The van der Waals surface area contributed by atoms with E-state index in [1.807, 2.05) is 49.6 Å². The molecule has 0 saturated heterocycles. The fourth-order valence-electron chi connectivity index (χ4n) is 2.81. The molecule has 0 unspecified atom stereocenters. The van der Waals surface area contributed by atoms with Gasteiger partial charge in [0.2, 0.25) is 5.91 Å². The lowest BCUT2D eigenvalue weighted by Gasteiger charge is -2.19. The number of anilines is 1. The number of nitrogens with zero attached hydrogens (tertiary/aromatic N) is 2. The van der Waals surface area contributed by atoms with E-state index in [0.717, 1.165) is 15.6 Å². The third kappa shape index (κ3) is 5.68. The van der Waals surface area contributed by atoms with Gasteiger partial charge in [-0.2, -0.15) is 0 Å². The van der Waals surface area contributed by atoms with Crippen molar-refractivity contribution in [3.8, 4) is 11.3 Å². The number of carbonyl (C=O) groups is 2. The molecule has 3 rings (SSSR count). The van der Waals surface area contributed by atoms with E-state index in [2.05, 4.69) is 10.3 Å². The largest absolute Gasteiger partial charge is 0.339 e. The normalized spacial score (nSPS) is 10.6. The SMILES string of the molecule is CCN(CC)C(=O)c1cccc(NC(=O)CSc2nc(-c3ccccc3)cs2)c1. The van der Waals surface area contributed by atoms with Crippen LogP contribution in [0.25, 0.3) is 11.3 Å². The fraction of sp³-hybridized carbons (Fsp3) is 0.227. The van der Waals surface area contributed by atoms with E-state index in [4.69, 9.17) is 0 Å². The Morgan fingerprint density at radius 3 is 2.55 bits per heavy atom. The zero-order valence-corrected chi connectivity index (χ0v) is 18.1. The van der Waals surface area contributed by atoms with E-state index >= 15 is 0 Å². The molecule has 3 aromatic rings. The van der Waals surface area contributed by atoms with Gasteiger partial charge in [-0.3, -0.25) is 9.59 Å². The van der Waals surface area contributed by atoms with Crippen LogP contribution in [0, 0.1) is 0 Å². The van der Waals surface area contributed by atoms with Gasteiger partial charge in [0.25, 0.3) is 5.91 Å². The highest BCUT2D eigenvalue weighted by molar-refractivity contribution is 8.01. The Labute approximate surface area is 179 Å². The van der Waals surface area contributed by atoms with Crippen molar-refractivity contribution in [3.05, 3.63) is 65.5 Å². The second-order valence-electron chi connectivity index (χ2n) is 6.26. The van der Waals surface area contributed by atoms with Gasteiger partial charge in [0.05, 0.1) is 11.4 Å². The number of hydrogen-bond donors (Lipinski definition) is 1. The molecule has 150 valence electrons. The summed E-state index contributed by atoms with van der Waals surface area (Å²) in [5.74, 6) is 0.103. The topological polar surface area (TPSA) is 62.3 Å². The van der Waals surface area contributed by atoms with Gasteiger partial charge in [-0.05, 0) is 32.0 Å². The van der Waals surface area contributed by atoms with Crippen LogP contribution in [0.3, 0.4) is 0 Å². The fourth-order valence-corrected chi connectivity index (χ4v) is 4.45. The highest BCUT2D eigenvalue weighted by Gasteiger charge is 2.13. The van der Waals surface area contributed by atoms with Gasteiger partial charge in [-0.15, -0.1) is 11.3 Å². The smallest absolute Gasteiger partial charge is 0.253 e. The lowest BCUT2D eigenvalue weighted by atomic mass is 10.1. The lowest BCUT2D eigenvalue weighted by Crippen LogP contribution is -2.30. The van der Waals surface area contributed by atoms with Crippen molar-refractivity contribution in [1.29, 1.82) is 0 Å². The Kier molecular flexibility index (Phi) is 7.43. The van der Waals surface area contributed by atoms with E-state index in [1.54, 1.807) is 29.2 Å². The summed E-state index contributed by atoms with van der Waals surface area (Å²) >= 11 is 2.93. The van der Waals surface area contributed by atoms with Crippen molar-refractivity contribution >= 4 is 40.6 Å². The minimum Gasteiger partial charge on any atom is -0.339 e. The number of carbonyl (C=O) groups excluding carboxylic acids is 2. The van der Waals surface area contributed by atoms with Gasteiger partial charge in [-0.25, -0.2) is 4.98 Å².